The van der Waals surface area contributed by atoms with Crippen molar-refractivity contribution < 1.29 is 19.7 Å². The number of hydrogen-bond acceptors (Lipinski definition) is 7. The molecule has 0 aromatic rings. The zero-order valence-corrected chi connectivity index (χ0v) is 8.06. The van der Waals surface area contributed by atoms with Crippen LogP contribution < -0.4 is 5.17 Å². The Balaban J connectivity index is 3.77. The molecule has 0 heterocycles. The van der Waals surface area contributed by atoms with Crippen molar-refractivity contribution in [3.8, 4) is 0 Å². The van der Waals surface area contributed by atoms with Gasteiger partial charge >= 0.3 is 0 Å². The molecule has 0 saturated heterocycles. The maximum Gasteiger partial charge on any atom is 0.194 e. The first-order chi connectivity index (χ1) is 6.70. The maximum atomic E-state index is 7.01. The molecule has 3 N–H and O–H groups in total. The predicted octanol–water partition coefficient (Wildman–Crippen LogP) is -0.255. The SMILES string of the molecule is CN=NOC(CON=N)CO[NH+](C)[NH-]. The van der Waals surface area contributed by atoms with Gasteiger partial charge < -0.3 is 15.5 Å². The van der Waals surface area contributed by atoms with Gasteiger partial charge in [-0.2, -0.15) is 10.6 Å². The molecule has 0 rings (SSSR count). The molecule has 9 heteroatoms. The minimum absolute atomic E-state index is 0.0236. The van der Waals surface area contributed by atoms with E-state index in [4.69, 9.17) is 21.0 Å². The Morgan fingerprint density at radius 3 is 2.71 bits per heavy atom. The Bertz CT molecular complexity index is 175. The Morgan fingerprint density at radius 2 is 2.21 bits per heavy atom. The van der Waals surface area contributed by atoms with Crippen molar-refractivity contribution in [2.75, 3.05) is 27.3 Å². The number of nitrogens with one attached hydrogen (secondary N) is 3. The lowest BCUT2D eigenvalue weighted by Crippen LogP contribution is -3.01. The van der Waals surface area contributed by atoms with E-state index in [-0.39, 0.29) is 18.4 Å². The van der Waals surface area contributed by atoms with E-state index < -0.39 is 6.10 Å². The molecule has 0 aliphatic heterocycles. The summed E-state index contributed by atoms with van der Waals surface area (Å²) in [5.74, 6) is 7.01. The van der Waals surface area contributed by atoms with E-state index in [2.05, 4.69) is 20.5 Å². The molecule has 0 fully saturated rings. The summed E-state index contributed by atoms with van der Waals surface area (Å²) >= 11 is 0. The first-order valence-corrected chi connectivity index (χ1v) is 3.82. The molecule has 0 saturated carbocycles. The van der Waals surface area contributed by atoms with Gasteiger partial charge in [-0.1, -0.05) is 0 Å². The standard InChI is InChI=1S/C5H14N6O3/c1-8-10-14-5(3-12-9-6)4-13-11(2)7/h5-7,11H,3-4H2,1-2H3. The van der Waals surface area contributed by atoms with Crippen molar-refractivity contribution in [2.45, 2.75) is 6.10 Å². The fourth-order valence-corrected chi connectivity index (χ4v) is 0.561. The van der Waals surface area contributed by atoms with Crippen LogP contribution >= 0.6 is 0 Å². The highest BCUT2D eigenvalue weighted by molar-refractivity contribution is 4.50. The molecule has 0 bridgehead atoms. The van der Waals surface area contributed by atoms with Gasteiger partial charge in [0, 0.05) is 10.6 Å². The van der Waals surface area contributed by atoms with E-state index in [1.165, 1.54) is 14.1 Å². The van der Waals surface area contributed by atoms with Gasteiger partial charge in [0.1, 0.15) is 6.61 Å². The highest BCUT2D eigenvalue weighted by atomic mass is 16.7. The lowest BCUT2D eigenvalue weighted by molar-refractivity contribution is -1.04. The number of rotatable bonds is 8. The second-order valence-electron chi connectivity index (χ2n) is 2.26. The number of nitrogens with zero attached hydrogens (tertiary/aromatic N) is 3. The Kier molecular flexibility index (Phi) is 7.50. The average Bonchev–Trinajstić information content (AvgIpc) is 2.16. The summed E-state index contributed by atoms with van der Waals surface area (Å²) in [6.45, 7) is 0.125. The van der Waals surface area contributed by atoms with E-state index in [9.17, 15) is 0 Å². The van der Waals surface area contributed by atoms with Crippen molar-refractivity contribution in [1.82, 2.24) is 0 Å². The minimum atomic E-state index is -0.534. The van der Waals surface area contributed by atoms with E-state index in [1.807, 2.05) is 0 Å². The van der Waals surface area contributed by atoms with Crippen molar-refractivity contribution in [3.05, 3.63) is 5.84 Å². The van der Waals surface area contributed by atoms with E-state index in [0.717, 1.165) is 0 Å². The van der Waals surface area contributed by atoms with Crippen LogP contribution in [0.2, 0.25) is 0 Å². The van der Waals surface area contributed by atoms with Crippen molar-refractivity contribution in [1.29, 1.82) is 5.53 Å². The molecule has 0 radical (unpaired) electrons. The molecular weight excluding hydrogens is 192 g/mol. The first-order valence-electron chi connectivity index (χ1n) is 3.82. The number of hydrogen-bond donors (Lipinski definition) is 2. The van der Waals surface area contributed by atoms with Gasteiger partial charge in [0.05, 0.1) is 14.1 Å². The Hall–Kier alpha value is -1.32. The fraction of sp³-hybridized carbons (Fsp3) is 1.00. The maximum absolute atomic E-state index is 7.01. The molecule has 0 amide bonds. The van der Waals surface area contributed by atoms with Crippen LogP contribution in [0.25, 0.3) is 5.84 Å². The van der Waals surface area contributed by atoms with Crippen LogP contribution in [0.1, 0.15) is 0 Å². The molecule has 2 unspecified atom stereocenters. The molecular formula is C5H14N6O3. The zero-order valence-electron chi connectivity index (χ0n) is 8.06. The zero-order chi connectivity index (χ0) is 10.8. The quantitative estimate of drug-likeness (QED) is 0.421. The van der Waals surface area contributed by atoms with Crippen LogP contribution in [0, 0.1) is 5.53 Å². The molecule has 0 aromatic carbocycles. The van der Waals surface area contributed by atoms with Crippen LogP contribution in [0.5, 0.6) is 0 Å². The molecule has 2 atom stereocenters. The molecule has 9 nitrogen and oxygen atoms in total. The van der Waals surface area contributed by atoms with Gasteiger partial charge in [-0.25, -0.2) is 4.84 Å². The van der Waals surface area contributed by atoms with Gasteiger partial charge in [0.15, 0.2) is 12.7 Å². The normalized spacial score (nSPS) is 15.1. The molecule has 0 aromatic heterocycles. The minimum Gasteiger partial charge on any atom is -0.435 e. The number of quaternary nitrogens is 1. The van der Waals surface area contributed by atoms with E-state index >= 15 is 0 Å². The van der Waals surface area contributed by atoms with Gasteiger partial charge in [-0.15, -0.1) is 0 Å². The summed E-state index contributed by atoms with van der Waals surface area (Å²) in [5.41, 5.74) is 6.40. The third kappa shape index (κ3) is 7.34. The van der Waals surface area contributed by atoms with E-state index in [1.54, 1.807) is 0 Å². The van der Waals surface area contributed by atoms with Crippen molar-refractivity contribution in [2.24, 2.45) is 15.7 Å². The van der Waals surface area contributed by atoms with Crippen molar-refractivity contribution in [3.63, 3.8) is 0 Å². The summed E-state index contributed by atoms with van der Waals surface area (Å²) in [4.78, 5) is 14.1. The van der Waals surface area contributed by atoms with Crippen LogP contribution in [0.3, 0.4) is 0 Å². The predicted molar refractivity (Wildman–Crippen MR) is 43.9 cm³/mol. The topological polar surface area (TPSA) is 117 Å². The molecule has 0 aliphatic rings. The van der Waals surface area contributed by atoms with Crippen LogP contribution in [-0.2, 0) is 14.5 Å². The molecule has 0 spiro atoms. The number of hydroxylamine groups is 1. The van der Waals surface area contributed by atoms with Gasteiger partial charge in [0.25, 0.3) is 0 Å². The summed E-state index contributed by atoms with van der Waals surface area (Å²) in [6.07, 6.45) is -0.534. The van der Waals surface area contributed by atoms with Crippen LogP contribution in [0.4, 0.5) is 0 Å². The van der Waals surface area contributed by atoms with Gasteiger partial charge in [-0.05, 0) is 0 Å². The second kappa shape index (κ2) is 8.29. The average molecular weight is 206 g/mol. The summed E-state index contributed by atoms with van der Waals surface area (Å²) in [5, 5.41) is 9.43. The lowest BCUT2D eigenvalue weighted by atomic mass is 10.4. The van der Waals surface area contributed by atoms with Gasteiger partial charge in [0.2, 0.25) is 0 Å². The van der Waals surface area contributed by atoms with Gasteiger partial charge in [-0.3, -0.25) is 5.17 Å². The lowest BCUT2D eigenvalue weighted by Gasteiger charge is -2.16. The van der Waals surface area contributed by atoms with E-state index in [0.29, 0.717) is 0 Å². The smallest absolute Gasteiger partial charge is 0.194 e. The molecule has 0 aliphatic carbocycles. The molecule has 14 heavy (non-hydrogen) atoms. The summed E-state index contributed by atoms with van der Waals surface area (Å²) in [6, 6.07) is 0. The van der Waals surface area contributed by atoms with Crippen LogP contribution in [-0.4, -0.2) is 33.4 Å². The summed E-state index contributed by atoms with van der Waals surface area (Å²) in [7, 11) is 2.95. The van der Waals surface area contributed by atoms with Crippen LogP contribution in [0.15, 0.2) is 15.7 Å². The third-order valence-corrected chi connectivity index (χ3v) is 1.09. The summed E-state index contributed by atoms with van der Waals surface area (Å²) < 4.78 is 0. The highest BCUT2D eigenvalue weighted by Gasteiger charge is 2.13. The third-order valence-electron chi connectivity index (χ3n) is 1.09. The molecule has 82 valence electrons. The second-order valence-corrected chi connectivity index (χ2v) is 2.26. The largest absolute Gasteiger partial charge is 0.435 e. The Labute approximate surface area is 81.2 Å². The highest BCUT2D eigenvalue weighted by Crippen LogP contribution is 1.95. The first kappa shape index (κ1) is 12.7. The monoisotopic (exact) mass is 206 g/mol. The fourth-order valence-electron chi connectivity index (χ4n) is 0.561. The van der Waals surface area contributed by atoms with Crippen molar-refractivity contribution >= 4 is 0 Å². The Morgan fingerprint density at radius 1 is 1.50 bits per heavy atom.